The number of aliphatic hydroxyl groups excluding tert-OH is 1. The molecule has 16 heavy (non-hydrogen) atoms. The minimum Gasteiger partial charge on any atom is -0.491 e. The van der Waals surface area contributed by atoms with E-state index in [0.29, 0.717) is 0 Å². The van der Waals surface area contributed by atoms with Crippen molar-refractivity contribution in [1.29, 1.82) is 0 Å². The average molecular weight is 232 g/mol. The Bertz CT molecular complexity index is 360. The first-order chi connectivity index (χ1) is 7.43. The van der Waals surface area contributed by atoms with Gasteiger partial charge in [-0.1, -0.05) is 12.1 Å². The highest BCUT2D eigenvalue weighted by molar-refractivity contribution is 5.30. The molecule has 0 fully saturated rings. The van der Waals surface area contributed by atoms with Crippen LogP contribution in [0.5, 0.6) is 5.75 Å². The van der Waals surface area contributed by atoms with Gasteiger partial charge in [-0.15, -0.1) is 6.58 Å². The molecular weight excluding hydrogens is 221 g/mol. The Hall–Kier alpha value is -1.49. The standard InChI is InChI=1S/C11H11F3O2/c1-2-9(15)7-16-10-5-3-4-8(6-10)11(12,13)14/h2-6,9,15H,1,7H2/t9-/m0/s1. The van der Waals surface area contributed by atoms with Crippen molar-refractivity contribution in [2.75, 3.05) is 6.61 Å². The van der Waals surface area contributed by atoms with Crippen LogP contribution in [0.3, 0.4) is 0 Å². The third-order valence-corrected chi connectivity index (χ3v) is 1.85. The molecule has 0 unspecified atom stereocenters. The van der Waals surface area contributed by atoms with Gasteiger partial charge in [0.15, 0.2) is 0 Å². The van der Waals surface area contributed by atoms with Gasteiger partial charge in [-0.05, 0) is 18.2 Å². The number of aliphatic hydroxyl groups is 1. The molecule has 0 saturated heterocycles. The molecular formula is C11H11F3O2. The molecule has 0 heterocycles. The second kappa shape index (κ2) is 5.03. The van der Waals surface area contributed by atoms with E-state index < -0.39 is 17.8 Å². The molecule has 0 amide bonds. The number of ether oxygens (including phenoxy) is 1. The molecule has 1 aromatic carbocycles. The van der Waals surface area contributed by atoms with Crippen LogP contribution in [0.15, 0.2) is 36.9 Å². The summed E-state index contributed by atoms with van der Waals surface area (Å²) in [6.45, 7) is 3.20. The van der Waals surface area contributed by atoms with Gasteiger partial charge in [0, 0.05) is 0 Å². The van der Waals surface area contributed by atoms with Crippen molar-refractivity contribution in [2.45, 2.75) is 12.3 Å². The van der Waals surface area contributed by atoms with Crippen LogP contribution in [0.2, 0.25) is 0 Å². The van der Waals surface area contributed by atoms with Crippen molar-refractivity contribution in [3.8, 4) is 5.75 Å². The van der Waals surface area contributed by atoms with Gasteiger partial charge in [-0.2, -0.15) is 13.2 Å². The van der Waals surface area contributed by atoms with E-state index in [1.807, 2.05) is 0 Å². The number of hydrogen-bond acceptors (Lipinski definition) is 2. The fraction of sp³-hybridized carbons (Fsp3) is 0.273. The smallest absolute Gasteiger partial charge is 0.416 e. The van der Waals surface area contributed by atoms with E-state index in [9.17, 15) is 13.2 Å². The predicted octanol–water partition coefficient (Wildman–Crippen LogP) is 2.63. The zero-order chi connectivity index (χ0) is 12.2. The van der Waals surface area contributed by atoms with E-state index in [1.165, 1.54) is 18.2 Å². The number of benzene rings is 1. The summed E-state index contributed by atoms with van der Waals surface area (Å²) in [5.41, 5.74) is -0.780. The van der Waals surface area contributed by atoms with Crippen molar-refractivity contribution >= 4 is 0 Å². The largest absolute Gasteiger partial charge is 0.491 e. The highest BCUT2D eigenvalue weighted by Gasteiger charge is 2.30. The summed E-state index contributed by atoms with van der Waals surface area (Å²) < 4.78 is 41.9. The molecule has 1 rings (SSSR count). The lowest BCUT2D eigenvalue weighted by Crippen LogP contribution is -2.14. The summed E-state index contributed by atoms with van der Waals surface area (Å²) in [7, 11) is 0. The van der Waals surface area contributed by atoms with Crippen molar-refractivity contribution in [3.63, 3.8) is 0 Å². The van der Waals surface area contributed by atoms with E-state index >= 15 is 0 Å². The maximum atomic E-state index is 12.3. The molecule has 0 aliphatic carbocycles. The lowest BCUT2D eigenvalue weighted by atomic mass is 10.2. The third-order valence-electron chi connectivity index (χ3n) is 1.85. The number of halogens is 3. The minimum atomic E-state index is -4.39. The molecule has 0 radical (unpaired) electrons. The van der Waals surface area contributed by atoms with Crippen molar-refractivity contribution in [2.24, 2.45) is 0 Å². The van der Waals surface area contributed by atoms with E-state index in [4.69, 9.17) is 9.84 Å². The summed E-state index contributed by atoms with van der Waals surface area (Å²) >= 11 is 0. The van der Waals surface area contributed by atoms with Gasteiger partial charge in [0.2, 0.25) is 0 Å². The van der Waals surface area contributed by atoms with Crippen LogP contribution in [0, 0.1) is 0 Å². The second-order valence-corrected chi connectivity index (χ2v) is 3.14. The van der Waals surface area contributed by atoms with E-state index in [1.54, 1.807) is 0 Å². The highest BCUT2D eigenvalue weighted by atomic mass is 19.4. The Morgan fingerprint density at radius 2 is 2.12 bits per heavy atom. The van der Waals surface area contributed by atoms with Gasteiger partial charge < -0.3 is 9.84 Å². The van der Waals surface area contributed by atoms with Crippen molar-refractivity contribution in [1.82, 2.24) is 0 Å². The third kappa shape index (κ3) is 3.58. The van der Waals surface area contributed by atoms with Crippen LogP contribution in [0.1, 0.15) is 5.56 Å². The van der Waals surface area contributed by atoms with Gasteiger partial charge in [0.05, 0.1) is 5.56 Å². The zero-order valence-electron chi connectivity index (χ0n) is 8.37. The molecule has 0 saturated carbocycles. The molecule has 1 atom stereocenters. The first-order valence-electron chi connectivity index (χ1n) is 4.54. The molecule has 88 valence electrons. The normalized spacial score (nSPS) is 13.2. The topological polar surface area (TPSA) is 29.5 Å². The maximum absolute atomic E-state index is 12.3. The van der Waals surface area contributed by atoms with Crippen LogP contribution in [0.25, 0.3) is 0 Å². The van der Waals surface area contributed by atoms with Crippen LogP contribution in [0.4, 0.5) is 13.2 Å². The molecule has 2 nitrogen and oxygen atoms in total. The van der Waals surface area contributed by atoms with E-state index in [2.05, 4.69) is 6.58 Å². The van der Waals surface area contributed by atoms with Crippen LogP contribution < -0.4 is 4.74 Å². The quantitative estimate of drug-likeness (QED) is 0.808. The Labute approximate surface area is 91.0 Å². The van der Waals surface area contributed by atoms with Gasteiger partial charge >= 0.3 is 6.18 Å². The molecule has 0 aliphatic rings. The molecule has 0 aliphatic heterocycles. The van der Waals surface area contributed by atoms with E-state index in [-0.39, 0.29) is 12.4 Å². The Morgan fingerprint density at radius 3 is 2.69 bits per heavy atom. The summed E-state index contributed by atoms with van der Waals surface area (Å²) in [4.78, 5) is 0. The summed E-state index contributed by atoms with van der Waals surface area (Å²) in [6.07, 6.45) is -4.04. The monoisotopic (exact) mass is 232 g/mol. The molecule has 1 aromatic rings. The van der Waals surface area contributed by atoms with E-state index in [0.717, 1.165) is 12.1 Å². The average Bonchev–Trinajstić information content (AvgIpc) is 2.25. The van der Waals surface area contributed by atoms with Crippen LogP contribution in [-0.4, -0.2) is 17.8 Å². The SMILES string of the molecule is C=C[C@H](O)COc1cccc(C(F)(F)F)c1. The molecule has 5 heteroatoms. The lowest BCUT2D eigenvalue weighted by molar-refractivity contribution is -0.137. The Kier molecular flexibility index (Phi) is 3.95. The molecule has 0 bridgehead atoms. The molecule has 0 aromatic heterocycles. The van der Waals surface area contributed by atoms with Gasteiger partial charge in [-0.3, -0.25) is 0 Å². The molecule has 1 N–H and O–H groups in total. The predicted molar refractivity (Wildman–Crippen MR) is 53.1 cm³/mol. The fourth-order valence-electron chi connectivity index (χ4n) is 1.01. The highest BCUT2D eigenvalue weighted by Crippen LogP contribution is 2.31. The maximum Gasteiger partial charge on any atom is 0.416 e. The summed E-state index contributed by atoms with van der Waals surface area (Å²) in [6, 6.07) is 4.48. The Morgan fingerprint density at radius 1 is 1.44 bits per heavy atom. The fourth-order valence-corrected chi connectivity index (χ4v) is 1.01. The first kappa shape index (κ1) is 12.6. The lowest BCUT2D eigenvalue weighted by Gasteiger charge is -2.11. The first-order valence-corrected chi connectivity index (χ1v) is 4.54. The van der Waals surface area contributed by atoms with Crippen LogP contribution >= 0.6 is 0 Å². The number of hydrogen-bond donors (Lipinski definition) is 1. The number of rotatable bonds is 4. The van der Waals surface area contributed by atoms with Gasteiger partial charge in [0.25, 0.3) is 0 Å². The van der Waals surface area contributed by atoms with Crippen molar-refractivity contribution in [3.05, 3.63) is 42.5 Å². The zero-order valence-corrected chi connectivity index (χ0v) is 8.37. The number of alkyl halides is 3. The van der Waals surface area contributed by atoms with Gasteiger partial charge in [-0.25, -0.2) is 0 Å². The second-order valence-electron chi connectivity index (χ2n) is 3.14. The van der Waals surface area contributed by atoms with Crippen LogP contribution in [-0.2, 0) is 6.18 Å². The Balaban J connectivity index is 2.72. The van der Waals surface area contributed by atoms with Gasteiger partial charge in [0.1, 0.15) is 18.5 Å². The van der Waals surface area contributed by atoms with Crippen molar-refractivity contribution < 1.29 is 23.0 Å². The summed E-state index contributed by atoms with van der Waals surface area (Å²) in [5, 5.41) is 9.08. The minimum absolute atomic E-state index is 0.0655. The molecule has 0 spiro atoms. The summed E-state index contributed by atoms with van der Waals surface area (Å²) in [5.74, 6) is 0.0655.